The van der Waals surface area contributed by atoms with Crippen molar-refractivity contribution in [1.82, 2.24) is 9.97 Å². The van der Waals surface area contributed by atoms with Crippen LogP contribution in [0.2, 0.25) is 0 Å². The Hall–Kier alpha value is -0.910. The zero-order valence-corrected chi connectivity index (χ0v) is 8.32. The van der Waals surface area contributed by atoms with Gasteiger partial charge in [0.2, 0.25) is 0 Å². The van der Waals surface area contributed by atoms with E-state index >= 15 is 0 Å². The Kier molecular flexibility index (Phi) is 1.84. The first kappa shape index (κ1) is 7.72. The van der Waals surface area contributed by atoms with Crippen LogP contribution in [0.4, 0.5) is 5.69 Å². The molecule has 0 atom stereocenters. The summed E-state index contributed by atoms with van der Waals surface area (Å²) in [6.07, 6.45) is 3.40. The van der Waals surface area contributed by atoms with Gasteiger partial charge >= 0.3 is 0 Å². The van der Waals surface area contributed by atoms with E-state index in [1.165, 1.54) is 0 Å². The maximum atomic E-state index is 5.68. The van der Waals surface area contributed by atoms with Crippen LogP contribution in [0.5, 0.6) is 0 Å². The first-order chi connectivity index (χ1) is 5.79. The van der Waals surface area contributed by atoms with E-state index < -0.39 is 0 Å². The van der Waals surface area contributed by atoms with Gasteiger partial charge in [0.15, 0.2) is 0 Å². The first-order valence-electron chi connectivity index (χ1n) is 3.44. The van der Waals surface area contributed by atoms with Gasteiger partial charge in [-0.25, -0.2) is 0 Å². The lowest BCUT2D eigenvalue weighted by Crippen LogP contribution is -1.93. The van der Waals surface area contributed by atoms with E-state index in [9.17, 15) is 0 Å². The summed E-state index contributed by atoms with van der Waals surface area (Å²) in [4.78, 5) is 8.34. The van der Waals surface area contributed by atoms with Crippen molar-refractivity contribution in [1.29, 1.82) is 0 Å². The minimum absolute atomic E-state index is 0.682. The molecule has 0 aliphatic carbocycles. The number of anilines is 1. The molecule has 2 heterocycles. The number of hydrogen-bond acceptors (Lipinski definition) is 3. The van der Waals surface area contributed by atoms with Gasteiger partial charge in [0.25, 0.3) is 0 Å². The lowest BCUT2D eigenvalue weighted by atomic mass is 10.3. The smallest absolute Gasteiger partial charge is 0.104 e. The first-order valence-corrected chi connectivity index (χ1v) is 4.51. The monoisotopic (exact) mass is 271 g/mol. The topological polar surface area (TPSA) is 51.8 Å². The Morgan fingerprint density at radius 2 is 2.17 bits per heavy atom. The van der Waals surface area contributed by atoms with Gasteiger partial charge in [0.1, 0.15) is 5.52 Å². The Labute approximate surface area is 83.2 Å². The molecule has 0 aliphatic heterocycles. The highest BCUT2D eigenvalue weighted by molar-refractivity contribution is 14.1. The molecule has 4 heteroatoms. The van der Waals surface area contributed by atoms with Gasteiger partial charge in [0.05, 0.1) is 21.0 Å². The van der Waals surface area contributed by atoms with Crippen LogP contribution in [0.15, 0.2) is 24.5 Å². The maximum Gasteiger partial charge on any atom is 0.104 e. The van der Waals surface area contributed by atoms with E-state index in [1.54, 1.807) is 12.4 Å². The van der Waals surface area contributed by atoms with Crippen LogP contribution in [0.25, 0.3) is 11.0 Å². The second-order valence-electron chi connectivity index (χ2n) is 2.40. The van der Waals surface area contributed by atoms with Crippen LogP contribution < -0.4 is 5.73 Å². The lowest BCUT2D eigenvalue weighted by Gasteiger charge is -2.00. The average molecular weight is 271 g/mol. The third kappa shape index (κ3) is 1.12. The molecule has 0 spiro atoms. The third-order valence-corrected chi connectivity index (χ3v) is 2.72. The van der Waals surface area contributed by atoms with Gasteiger partial charge < -0.3 is 5.73 Å². The van der Waals surface area contributed by atoms with Crippen LogP contribution in [0.3, 0.4) is 0 Å². The molecule has 0 fully saturated rings. The fourth-order valence-corrected chi connectivity index (χ4v) is 1.56. The van der Waals surface area contributed by atoms with Gasteiger partial charge in [0, 0.05) is 6.20 Å². The van der Waals surface area contributed by atoms with Crippen LogP contribution in [-0.2, 0) is 0 Å². The number of halogens is 1. The normalized spacial score (nSPS) is 10.4. The van der Waals surface area contributed by atoms with Crippen molar-refractivity contribution in [2.45, 2.75) is 0 Å². The fourth-order valence-electron chi connectivity index (χ4n) is 1.00. The zero-order valence-electron chi connectivity index (χ0n) is 6.16. The summed E-state index contributed by atoms with van der Waals surface area (Å²) < 4.78 is 0.971. The number of nitrogens with zero attached hydrogens (tertiary/aromatic N) is 2. The molecule has 0 unspecified atom stereocenters. The van der Waals surface area contributed by atoms with Crippen molar-refractivity contribution in [2.24, 2.45) is 0 Å². The molecule has 0 saturated carbocycles. The van der Waals surface area contributed by atoms with Crippen molar-refractivity contribution in [3.8, 4) is 0 Å². The van der Waals surface area contributed by atoms with Gasteiger partial charge in [-0.2, -0.15) is 0 Å². The van der Waals surface area contributed by atoms with Crippen LogP contribution in [0.1, 0.15) is 0 Å². The van der Waals surface area contributed by atoms with E-state index in [0.717, 1.165) is 14.6 Å². The summed E-state index contributed by atoms with van der Waals surface area (Å²) in [5.41, 5.74) is 8.12. The minimum Gasteiger partial charge on any atom is -0.397 e. The van der Waals surface area contributed by atoms with Crippen molar-refractivity contribution >= 4 is 39.3 Å². The number of nitrogen functional groups attached to an aromatic ring is 1. The number of pyridine rings is 2. The van der Waals surface area contributed by atoms with E-state index in [0.29, 0.717) is 5.69 Å². The summed E-state index contributed by atoms with van der Waals surface area (Å²) in [6, 6.07) is 3.78. The second-order valence-corrected chi connectivity index (χ2v) is 3.48. The number of hydrogen-bond donors (Lipinski definition) is 1. The summed E-state index contributed by atoms with van der Waals surface area (Å²) in [5, 5.41) is 0. The molecule has 0 amide bonds. The summed E-state index contributed by atoms with van der Waals surface area (Å²) in [5.74, 6) is 0. The summed E-state index contributed by atoms with van der Waals surface area (Å²) in [7, 11) is 0. The average Bonchev–Trinajstić information content (AvgIpc) is 2.12. The Morgan fingerprint density at radius 1 is 1.33 bits per heavy atom. The Bertz CT molecular complexity index is 428. The zero-order chi connectivity index (χ0) is 8.55. The number of rotatable bonds is 0. The lowest BCUT2D eigenvalue weighted by molar-refractivity contribution is 1.33. The predicted molar refractivity (Wildman–Crippen MR) is 56.7 cm³/mol. The van der Waals surface area contributed by atoms with Gasteiger partial charge in [-0.15, -0.1) is 0 Å². The highest BCUT2D eigenvalue weighted by Crippen LogP contribution is 2.21. The number of fused-ring (bicyclic) bond motifs is 1. The third-order valence-electron chi connectivity index (χ3n) is 1.59. The van der Waals surface area contributed by atoms with Crippen molar-refractivity contribution in [2.75, 3.05) is 5.73 Å². The molecule has 0 bridgehead atoms. The van der Waals surface area contributed by atoms with Gasteiger partial charge in [-0.05, 0) is 34.7 Å². The minimum atomic E-state index is 0.682. The number of nitrogens with two attached hydrogens (primary N) is 1. The summed E-state index contributed by atoms with van der Waals surface area (Å²) >= 11 is 2.18. The standard InChI is InChI=1S/C8H6IN3/c9-7-5(10)4-12-6-2-1-3-11-8(6)7/h1-4H,10H2. The van der Waals surface area contributed by atoms with E-state index in [-0.39, 0.29) is 0 Å². The molecule has 0 radical (unpaired) electrons. The molecular weight excluding hydrogens is 265 g/mol. The molecule has 0 aromatic carbocycles. The quantitative estimate of drug-likeness (QED) is 0.743. The van der Waals surface area contributed by atoms with Crippen LogP contribution >= 0.6 is 22.6 Å². The second kappa shape index (κ2) is 2.85. The van der Waals surface area contributed by atoms with E-state index in [1.807, 2.05) is 12.1 Å². The highest BCUT2D eigenvalue weighted by Gasteiger charge is 2.02. The Morgan fingerprint density at radius 3 is 3.00 bits per heavy atom. The molecule has 2 N–H and O–H groups in total. The van der Waals surface area contributed by atoms with Gasteiger partial charge in [-0.3, -0.25) is 9.97 Å². The molecule has 60 valence electrons. The fraction of sp³-hybridized carbons (Fsp3) is 0. The molecule has 12 heavy (non-hydrogen) atoms. The van der Waals surface area contributed by atoms with Crippen molar-refractivity contribution < 1.29 is 0 Å². The molecule has 2 aromatic heterocycles. The molecule has 2 rings (SSSR count). The number of aromatic nitrogens is 2. The Balaban J connectivity index is 2.91. The largest absolute Gasteiger partial charge is 0.397 e. The molecule has 2 aromatic rings. The van der Waals surface area contributed by atoms with E-state index in [2.05, 4.69) is 32.6 Å². The molecule has 0 aliphatic rings. The highest BCUT2D eigenvalue weighted by atomic mass is 127. The summed E-state index contributed by atoms with van der Waals surface area (Å²) in [6.45, 7) is 0. The van der Waals surface area contributed by atoms with Crippen molar-refractivity contribution in [3.63, 3.8) is 0 Å². The van der Waals surface area contributed by atoms with Crippen molar-refractivity contribution in [3.05, 3.63) is 28.1 Å². The SMILES string of the molecule is Nc1cnc2cccnc2c1I. The molecular formula is C8H6IN3. The predicted octanol–water partition coefficient (Wildman–Crippen LogP) is 1.82. The maximum absolute atomic E-state index is 5.68. The van der Waals surface area contributed by atoms with Crippen LogP contribution in [0, 0.1) is 3.57 Å². The molecule has 0 saturated heterocycles. The molecule has 3 nitrogen and oxygen atoms in total. The van der Waals surface area contributed by atoms with Crippen LogP contribution in [-0.4, -0.2) is 9.97 Å². The van der Waals surface area contributed by atoms with E-state index in [4.69, 9.17) is 5.73 Å². The van der Waals surface area contributed by atoms with Gasteiger partial charge in [-0.1, -0.05) is 0 Å².